The van der Waals surface area contributed by atoms with Gasteiger partial charge in [0.05, 0.1) is 6.10 Å². The van der Waals surface area contributed by atoms with Crippen LogP contribution in [0.15, 0.2) is 36.4 Å². The van der Waals surface area contributed by atoms with Crippen LogP contribution in [0.4, 0.5) is 0 Å². The predicted octanol–water partition coefficient (Wildman–Crippen LogP) is 1.83. The van der Waals surface area contributed by atoms with Crippen LogP contribution in [0.25, 0.3) is 0 Å². The molecule has 1 amide bonds. The van der Waals surface area contributed by atoms with Crippen LogP contribution in [0.2, 0.25) is 0 Å². The average Bonchev–Trinajstić information content (AvgIpc) is 2.53. The minimum atomic E-state index is -0.235. The number of likely N-dealkylation sites (tertiary alicyclic amines) is 1. The summed E-state index contributed by atoms with van der Waals surface area (Å²) in [5.74, 6) is 0.558. The number of piperidine rings is 1. The van der Waals surface area contributed by atoms with Crippen LogP contribution < -0.4 is 10.1 Å². The van der Waals surface area contributed by atoms with E-state index in [0.29, 0.717) is 31.0 Å². The summed E-state index contributed by atoms with van der Waals surface area (Å²) in [5.41, 5.74) is 1.52. The zero-order chi connectivity index (χ0) is 16.7. The smallest absolute Gasteiger partial charge is 0.251 e. The van der Waals surface area contributed by atoms with Gasteiger partial charge in [-0.2, -0.15) is 0 Å². The standard InChI is InChI=1S/C18H26N2O3/c1-14(2)13-23-17-7-3-5-15(11-17)18(22)19-8-10-20-9-4-6-16(21)12-20/h3,5,7,11,16,21H,1,4,6,8-10,12-13H2,2H3,(H,19,22). The Hall–Kier alpha value is -1.85. The second kappa shape index (κ2) is 8.70. The van der Waals surface area contributed by atoms with E-state index >= 15 is 0 Å². The first-order valence-corrected chi connectivity index (χ1v) is 8.10. The van der Waals surface area contributed by atoms with Crippen molar-refractivity contribution in [3.05, 3.63) is 42.0 Å². The Morgan fingerprint density at radius 3 is 3.09 bits per heavy atom. The number of nitrogens with zero attached hydrogens (tertiary/aromatic N) is 1. The molecule has 0 radical (unpaired) electrons. The molecule has 1 saturated heterocycles. The Balaban J connectivity index is 1.78. The molecule has 1 heterocycles. The van der Waals surface area contributed by atoms with Crippen molar-refractivity contribution < 1.29 is 14.6 Å². The summed E-state index contributed by atoms with van der Waals surface area (Å²) in [6.45, 7) is 9.14. The van der Waals surface area contributed by atoms with Crippen LogP contribution in [-0.4, -0.2) is 54.8 Å². The maximum Gasteiger partial charge on any atom is 0.251 e. The Morgan fingerprint density at radius 2 is 2.35 bits per heavy atom. The Labute approximate surface area is 137 Å². The lowest BCUT2D eigenvalue weighted by Gasteiger charge is -2.29. The number of hydrogen-bond donors (Lipinski definition) is 2. The monoisotopic (exact) mass is 318 g/mol. The molecule has 5 nitrogen and oxygen atoms in total. The van der Waals surface area contributed by atoms with Gasteiger partial charge in [0.25, 0.3) is 5.91 Å². The molecular weight excluding hydrogens is 292 g/mol. The van der Waals surface area contributed by atoms with Crippen molar-refractivity contribution in [1.82, 2.24) is 10.2 Å². The van der Waals surface area contributed by atoms with Crippen molar-refractivity contribution in [2.75, 3.05) is 32.8 Å². The Bertz CT molecular complexity index is 545. The first kappa shape index (κ1) is 17.5. The number of amides is 1. The number of carbonyl (C=O) groups excluding carboxylic acids is 1. The molecule has 1 fully saturated rings. The van der Waals surface area contributed by atoms with Crippen LogP contribution in [0.3, 0.4) is 0 Å². The van der Waals surface area contributed by atoms with Gasteiger partial charge >= 0.3 is 0 Å². The predicted molar refractivity (Wildman–Crippen MR) is 90.8 cm³/mol. The molecule has 1 atom stereocenters. The minimum Gasteiger partial charge on any atom is -0.489 e. The third-order valence-corrected chi connectivity index (χ3v) is 3.78. The maximum absolute atomic E-state index is 12.2. The molecule has 1 aromatic rings. The molecule has 5 heteroatoms. The fourth-order valence-electron chi connectivity index (χ4n) is 2.60. The normalized spacial score (nSPS) is 18.4. The number of aliphatic hydroxyl groups excluding tert-OH is 1. The fourth-order valence-corrected chi connectivity index (χ4v) is 2.60. The molecule has 2 N–H and O–H groups in total. The topological polar surface area (TPSA) is 61.8 Å². The second-order valence-corrected chi connectivity index (χ2v) is 6.13. The molecule has 0 spiro atoms. The highest BCUT2D eigenvalue weighted by Gasteiger charge is 2.17. The Kier molecular flexibility index (Phi) is 6.62. The molecule has 2 rings (SSSR count). The van der Waals surface area contributed by atoms with E-state index in [1.165, 1.54) is 0 Å². The van der Waals surface area contributed by atoms with E-state index in [0.717, 1.165) is 31.5 Å². The summed E-state index contributed by atoms with van der Waals surface area (Å²) in [6.07, 6.45) is 1.65. The van der Waals surface area contributed by atoms with Gasteiger partial charge < -0.3 is 15.2 Å². The zero-order valence-corrected chi connectivity index (χ0v) is 13.8. The number of nitrogens with one attached hydrogen (secondary N) is 1. The van der Waals surface area contributed by atoms with Crippen molar-refractivity contribution in [2.24, 2.45) is 0 Å². The van der Waals surface area contributed by atoms with Gasteiger partial charge in [-0.25, -0.2) is 0 Å². The van der Waals surface area contributed by atoms with E-state index in [4.69, 9.17) is 4.74 Å². The van der Waals surface area contributed by atoms with Gasteiger partial charge in [-0.05, 0) is 50.1 Å². The first-order chi connectivity index (χ1) is 11.0. The van der Waals surface area contributed by atoms with Crippen LogP contribution in [0, 0.1) is 0 Å². The van der Waals surface area contributed by atoms with Gasteiger partial charge in [0.1, 0.15) is 12.4 Å². The third kappa shape index (κ3) is 6.04. The number of carbonyl (C=O) groups is 1. The summed E-state index contributed by atoms with van der Waals surface area (Å²) >= 11 is 0. The van der Waals surface area contributed by atoms with E-state index in [1.807, 2.05) is 19.1 Å². The van der Waals surface area contributed by atoms with Crippen molar-refractivity contribution in [3.63, 3.8) is 0 Å². The summed E-state index contributed by atoms with van der Waals surface area (Å²) in [6, 6.07) is 7.15. The van der Waals surface area contributed by atoms with E-state index in [1.54, 1.807) is 12.1 Å². The number of hydrogen-bond acceptors (Lipinski definition) is 4. The van der Waals surface area contributed by atoms with Gasteiger partial charge in [-0.1, -0.05) is 12.6 Å². The van der Waals surface area contributed by atoms with E-state index in [-0.39, 0.29) is 12.0 Å². The highest BCUT2D eigenvalue weighted by molar-refractivity contribution is 5.94. The lowest BCUT2D eigenvalue weighted by Crippen LogP contribution is -2.42. The van der Waals surface area contributed by atoms with E-state index < -0.39 is 0 Å². The van der Waals surface area contributed by atoms with Crippen LogP contribution in [-0.2, 0) is 0 Å². The summed E-state index contributed by atoms with van der Waals surface area (Å²) in [7, 11) is 0. The molecule has 0 aliphatic carbocycles. The highest BCUT2D eigenvalue weighted by atomic mass is 16.5. The molecule has 1 unspecified atom stereocenters. The number of ether oxygens (including phenoxy) is 1. The van der Waals surface area contributed by atoms with Crippen molar-refractivity contribution in [1.29, 1.82) is 0 Å². The molecule has 0 bridgehead atoms. The van der Waals surface area contributed by atoms with Gasteiger partial charge in [-0.3, -0.25) is 9.69 Å². The Morgan fingerprint density at radius 1 is 1.52 bits per heavy atom. The maximum atomic E-state index is 12.2. The lowest BCUT2D eigenvalue weighted by atomic mass is 10.1. The highest BCUT2D eigenvalue weighted by Crippen LogP contribution is 2.14. The summed E-state index contributed by atoms with van der Waals surface area (Å²) in [5, 5.41) is 12.6. The number of β-amino-alcohol motifs (C(OH)–C–C–N with tert-alkyl or cyclic N) is 1. The van der Waals surface area contributed by atoms with Crippen molar-refractivity contribution >= 4 is 5.91 Å². The molecular formula is C18H26N2O3. The lowest BCUT2D eigenvalue weighted by molar-refractivity contribution is 0.0703. The molecule has 0 saturated carbocycles. The van der Waals surface area contributed by atoms with Gasteiger partial charge in [0, 0.05) is 25.2 Å². The molecule has 1 aliphatic rings. The van der Waals surface area contributed by atoms with Gasteiger partial charge in [-0.15, -0.1) is 0 Å². The fraction of sp³-hybridized carbons (Fsp3) is 0.500. The van der Waals surface area contributed by atoms with E-state index in [2.05, 4.69) is 16.8 Å². The number of benzene rings is 1. The molecule has 23 heavy (non-hydrogen) atoms. The minimum absolute atomic E-state index is 0.108. The zero-order valence-electron chi connectivity index (χ0n) is 13.8. The first-order valence-electron chi connectivity index (χ1n) is 8.10. The van der Waals surface area contributed by atoms with Crippen molar-refractivity contribution in [2.45, 2.75) is 25.9 Å². The molecule has 126 valence electrons. The van der Waals surface area contributed by atoms with Crippen LogP contribution in [0.5, 0.6) is 5.75 Å². The number of aliphatic hydroxyl groups is 1. The van der Waals surface area contributed by atoms with Crippen molar-refractivity contribution in [3.8, 4) is 5.75 Å². The third-order valence-electron chi connectivity index (χ3n) is 3.78. The summed E-state index contributed by atoms with van der Waals surface area (Å²) in [4.78, 5) is 14.4. The second-order valence-electron chi connectivity index (χ2n) is 6.13. The SMILES string of the molecule is C=C(C)COc1cccc(C(=O)NCCN2CCCC(O)C2)c1. The largest absolute Gasteiger partial charge is 0.489 e. The van der Waals surface area contributed by atoms with Crippen LogP contribution in [0.1, 0.15) is 30.1 Å². The molecule has 1 aromatic carbocycles. The van der Waals surface area contributed by atoms with E-state index in [9.17, 15) is 9.90 Å². The average molecular weight is 318 g/mol. The number of rotatable bonds is 7. The quantitative estimate of drug-likeness (QED) is 0.753. The van der Waals surface area contributed by atoms with Gasteiger partial charge in [0.15, 0.2) is 0 Å². The molecule has 1 aliphatic heterocycles. The van der Waals surface area contributed by atoms with Gasteiger partial charge in [0.2, 0.25) is 0 Å². The van der Waals surface area contributed by atoms with Crippen LogP contribution >= 0.6 is 0 Å². The summed E-state index contributed by atoms with van der Waals surface area (Å²) < 4.78 is 5.55. The molecule has 0 aromatic heterocycles.